The zero-order valence-electron chi connectivity index (χ0n) is 23.4. The third kappa shape index (κ3) is 4.57. The largest absolute Gasteiger partial charge is 0.507 e. The lowest BCUT2D eigenvalue weighted by Crippen LogP contribution is -2.59. The van der Waals surface area contributed by atoms with Gasteiger partial charge in [-0.1, -0.05) is 24.2 Å². The van der Waals surface area contributed by atoms with Crippen LogP contribution in [-0.2, 0) is 4.79 Å². The molecule has 1 amide bonds. The van der Waals surface area contributed by atoms with E-state index in [2.05, 4.69) is 33.3 Å². The van der Waals surface area contributed by atoms with Crippen LogP contribution in [0.2, 0.25) is 5.02 Å². The van der Waals surface area contributed by atoms with Gasteiger partial charge in [-0.15, -0.1) is 0 Å². The van der Waals surface area contributed by atoms with Crippen molar-refractivity contribution in [1.82, 2.24) is 19.8 Å². The van der Waals surface area contributed by atoms with E-state index in [1.807, 2.05) is 13.8 Å². The molecule has 0 saturated carbocycles. The first-order chi connectivity index (χ1) is 19.5. The number of phenols is 1. The average Bonchev–Trinajstić information content (AvgIpc) is 3.32. The molecule has 216 valence electrons. The summed E-state index contributed by atoms with van der Waals surface area (Å²) >= 11 is 6.61. The minimum Gasteiger partial charge on any atom is -0.507 e. The van der Waals surface area contributed by atoms with Crippen LogP contribution in [0, 0.1) is 17.0 Å². The van der Waals surface area contributed by atoms with Crippen molar-refractivity contribution in [2.75, 3.05) is 56.1 Å². The number of hydrogen-bond donors (Lipinski definition) is 1. The number of amides is 1. The van der Waals surface area contributed by atoms with Crippen LogP contribution in [0.4, 0.5) is 20.5 Å². The van der Waals surface area contributed by atoms with Gasteiger partial charge in [-0.25, -0.2) is 13.8 Å². The summed E-state index contributed by atoms with van der Waals surface area (Å²) in [5.74, 6) is -1.28. The molecule has 6 rings (SSSR count). The number of benzene rings is 2. The quantitative estimate of drug-likeness (QED) is 0.447. The molecular weight excluding hydrogens is 550 g/mol. The molecule has 3 aromatic rings. The molecule has 0 unspecified atom stereocenters. The molecule has 2 atom stereocenters. The van der Waals surface area contributed by atoms with Crippen molar-refractivity contribution in [3.8, 4) is 16.9 Å². The van der Waals surface area contributed by atoms with Gasteiger partial charge in [0.25, 0.3) is 0 Å². The lowest BCUT2D eigenvalue weighted by Gasteiger charge is -2.48. The highest BCUT2D eigenvalue weighted by Crippen LogP contribution is 2.45. The molecule has 2 aromatic carbocycles. The van der Waals surface area contributed by atoms with Gasteiger partial charge in [0.1, 0.15) is 22.9 Å². The van der Waals surface area contributed by atoms with Crippen LogP contribution in [-0.4, -0.2) is 89.2 Å². The molecule has 1 aromatic heterocycles. The highest BCUT2D eigenvalue weighted by atomic mass is 35.5. The molecule has 41 heavy (non-hydrogen) atoms. The summed E-state index contributed by atoms with van der Waals surface area (Å²) in [5, 5.41) is 10.8. The fourth-order valence-electron chi connectivity index (χ4n) is 6.69. The van der Waals surface area contributed by atoms with Crippen molar-refractivity contribution in [3.63, 3.8) is 0 Å². The van der Waals surface area contributed by atoms with Gasteiger partial charge in [-0.3, -0.25) is 4.79 Å². The normalized spacial score (nSPS) is 22.4. The number of piperazine rings is 1. The Labute approximate surface area is 242 Å². The molecule has 3 aliphatic heterocycles. The van der Waals surface area contributed by atoms with Crippen LogP contribution in [0.15, 0.2) is 36.9 Å². The number of halogens is 3. The Hall–Kier alpha value is -3.50. The highest BCUT2D eigenvalue weighted by Gasteiger charge is 2.48. The predicted octanol–water partition coefficient (Wildman–Crippen LogP) is 4.69. The summed E-state index contributed by atoms with van der Waals surface area (Å²) in [6, 6.07) is 5.03. The van der Waals surface area contributed by atoms with E-state index in [0.717, 1.165) is 38.7 Å². The van der Waals surface area contributed by atoms with Crippen molar-refractivity contribution < 1.29 is 18.7 Å². The summed E-state index contributed by atoms with van der Waals surface area (Å²) < 4.78 is 31.3. The van der Waals surface area contributed by atoms with Gasteiger partial charge in [0.15, 0.2) is 5.82 Å². The van der Waals surface area contributed by atoms with Gasteiger partial charge in [0.2, 0.25) is 11.9 Å². The minimum atomic E-state index is -0.824. The number of nitrogens with zero attached hydrogens (tertiary/aromatic N) is 6. The lowest BCUT2D eigenvalue weighted by atomic mass is 9.79. The maximum absolute atomic E-state index is 16.5. The minimum absolute atomic E-state index is 0.000920. The second kappa shape index (κ2) is 10.1. The second-order valence-corrected chi connectivity index (χ2v) is 12.2. The van der Waals surface area contributed by atoms with E-state index in [-0.39, 0.29) is 45.1 Å². The molecular formula is C30H33ClF2N6O2. The van der Waals surface area contributed by atoms with E-state index in [4.69, 9.17) is 16.6 Å². The summed E-state index contributed by atoms with van der Waals surface area (Å²) in [6.07, 6.45) is 2.39. The zero-order valence-corrected chi connectivity index (χ0v) is 24.1. The second-order valence-electron chi connectivity index (χ2n) is 11.8. The van der Waals surface area contributed by atoms with Crippen LogP contribution < -0.4 is 9.80 Å². The number of hydrogen-bond acceptors (Lipinski definition) is 7. The van der Waals surface area contributed by atoms with E-state index in [1.165, 1.54) is 18.2 Å². The van der Waals surface area contributed by atoms with Gasteiger partial charge < -0.3 is 24.7 Å². The first kappa shape index (κ1) is 27.7. The predicted molar refractivity (Wildman–Crippen MR) is 157 cm³/mol. The first-order valence-electron chi connectivity index (χ1n) is 13.8. The Morgan fingerprint density at radius 2 is 1.90 bits per heavy atom. The molecule has 0 aliphatic carbocycles. The Morgan fingerprint density at radius 1 is 1.15 bits per heavy atom. The Kier molecular flexibility index (Phi) is 6.81. The van der Waals surface area contributed by atoms with Crippen molar-refractivity contribution in [2.45, 2.75) is 32.4 Å². The fraction of sp³-hybridized carbons (Fsp3) is 0.433. The summed E-state index contributed by atoms with van der Waals surface area (Å²) in [5.41, 5.74) is -0.394. The third-order valence-electron chi connectivity index (χ3n) is 8.77. The maximum atomic E-state index is 16.5. The van der Waals surface area contributed by atoms with Gasteiger partial charge >= 0.3 is 0 Å². The zero-order chi connectivity index (χ0) is 29.2. The van der Waals surface area contributed by atoms with E-state index < -0.39 is 17.4 Å². The van der Waals surface area contributed by atoms with E-state index in [9.17, 15) is 14.3 Å². The van der Waals surface area contributed by atoms with Crippen molar-refractivity contribution in [3.05, 3.63) is 53.6 Å². The molecule has 3 saturated heterocycles. The van der Waals surface area contributed by atoms with Gasteiger partial charge in [0, 0.05) is 61.2 Å². The standard InChI is InChI=1S/C30H33ClF2N6O2/c1-5-23(41)38-12-18(3)39(13-17(38)2)28-19-11-20(31)24(25-21(32)7-6-8-22(25)40)26(33)27(19)34-29(35-28)37-15-30(16-37)9-10-36(4)14-30/h5-8,11,17-18,40H,1,9-10,12-16H2,2-4H3/t17-,18+/m1/s1. The number of rotatable bonds is 4. The molecule has 1 spiro atoms. The summed E-state index contributed by atoms with van der Waals surface area (Å²) in [4.78, 5) is 30.3. The maximum Gasteiger partial charge on any atom is 0.246 e. The molecule has 8 nitrogen and oxygen atoms in total. The number of carbonyl (C=O) groups is 1. The van der Waals surface area contributed by atoms with Crippen LogP contribution in [0.3, 0.4) is 0 Å². The Morgan fingerprint density at radius 3 is 2.56 bits per heavy atom. The fourth-order valence-corrected chi connectivity index (χ4v) is 6.97. The number of phenolic OH excluding ortho intramolecular Hbond substituents is 1. The number of aromatic hydroxyl groups is 1. The molecule has 0 radical (unpaired) electrons. The number of anilines is 2. The average molecular weight is 583 g/mol. The summed E-state index contributed by atoms with van der Waals surface area (Å²) in [6.45, 7) is 12.0. The van der Waals surface area contributed by atoms with E-state index in [0.29, 0.717) is 30.2 Å². The lowest BCUT2D eigenvalue weighted by molar-refractivity contribution is -0.128. The van der Waals surface area contributed by atoms with Gasteiger partial charge in [0.05, 0.1) is 10.6 Å². The third-order valence-corrected chi connectivity index (χ3v) is 9.07. The molecule has 1 N–H and O–H groups in total. The molecule has 4 heterocycles. The van der Waals surface area contributed by atoms with Crippen molar-refractivity contribution in [2.24, 2.45) is 5.41 Å². The molecule has 11 heteroatoms. The first-order valence-corrected chi connectivity index (χ1v) is 14.2. The smallest absolute Gasteiger partial charge is 0.246 e. The molecule has 3 aliphatic rings. The van der Waals surface area contributed by atoms with Crippen LogP contribution in [0.5, 0.6) is 5.75 Å². The topological polar surface area (TPSA) is 76.0 Å². The van der Waals surface area contributed by atoms with Crippen LogP contribution in [0.25, 0.3) is 22.0 Å². The highest BCUT2D eigenvalue weighted by molar-refractivity contribution is 6.34. The number of carbonyl (C=O) groups excluding carboxylic acids is 1. The Bertz CT molecular complexity index is 1540. The molecule has 3 fully saturated rings. The SMILES string of the molecule is C=CC(=O)N1C[C@H](C)N(c2nc(N3CC4(CCN(C)C4)C3)nc3c(F)c(-c4c(O)cccc4F)c(Cl)cc23)C[C@H]1C. The van der Waals surface area contributed by atoms with E-state index >= 15 is 4.39 Å². The van der Waals surface area contributed by atoms with Gasteiger partial charge in [-0.05, 0) is 58.1 Å². The number of likely N-dealkylation sites (tertiary alicyclic amines) is 1. The summed E-state index contributed by atoms with van der Waals surface area (Å²) in [7, 11) is 2.11. The number of fused-ring (bicyclic) bond motifs is 1. The van der Waals surface area contributed by atoms with Crippen LogP contribution in [0.1, 0.15) is 20.3 Å². The van der Waals surface area contributed by atoms with E-state index in [1.54, 1.807) is 11.0 Å². The molecule has 0 bridgehead atoms. The number of aromatic nitrogens is 2. The van der Waals surface area contributed by atoms with Crippen molar-refractivity contribution >= 4 is 40.2 Å². The van der Waals surface area contributed by atoms with Gasteiger partial charge in [-0.2, -0.15) is 4.98 Å². The van der Waals surface area contributed by atoms with Crippen molar-refractivity contribution in [1.29, 1.82) is 0 Å². The monoisotopic (exact) mass is 582 g/mol. The Balaban J connectivity index is 1.50. The van der Waals surface area contributed by atoms with Crippen LogP contribution >= 0.6 is 11.6 Å².